The van der Waals surface area contributed by atoms with Crippen molar-refractivity contribution in [1.29, 1.82) is 0 Å². The van der Waals surface area contributed by atoms with E-state index in [1.807, 2.05) is 0 Å². The summed E-state index contributed by atoms with van der Waals surface area (Å²) in [7, 11) is -3.92. The highest BCUT2D eigenvalue weighted by atomic mass is 79.9. The number of hydrogen-bond donors (Lipinski definition) is 2. The first-order valence-corrected chi connectivity index (χ1v) is 10.5. The molecule has 0 aliphatic heterocycles. The molecule has 0 aliphatic carbocycles. The van der Waals surface area contributed by atoms with Gasteiger partial charge in [-0.25, -0.2) is 22.9 Å². The summed E-state index contributed by atoms with van der Waals surface area (Å²) >= 11 is 3.28. The standard InChI is InChI=1S/C16H16BrFN6O3S/c1-16(25,9-28(19,26)27)14-4-2-3-13(20-14)15-21-23-24(22-15)8-10-7-11(17)5-6-12(10)18/h2-7,25H,8-9H2,1H3,(H2,19,26,27). The van der Waals surface area contributed by atoms with Crippen molar-refractivity contribution in [2.45, 2.75) is 19.1 Å². The number of aromatic nitrogens is 5. The number of hydrogen-bond acceptors (Lipinski definition) is 7. The first-order chi connectivity index (χ1) is 13.0. The number of nitrogens with two attached hydrogens (primary N) is 1. The van der Waals surface area contributed by atoms with Crippen LogP contribution in [0.25, 0.3) is 11.5 Å². The Balaban J connectivity index is 1.87. The minimum Gasteiger partial charge on any atom is -0.383 e. The molecular weight excluding hydrogens is 455 g/mol. The van der Waals surface area contributed by atoms with Crippen LogP contribution in [0.3, 0.4) is 0 Å². The minimum absolute atomic E-state index is 0.0566. The topological polar surface area (TPSA) is 137 Å². The summed E-state index contributed by atoms with van der Waals surface area (Å²) in [5.74, 6) is -0.955. The molecule has 1 aromatic carbocycles. The molecular formula is C16H16BrFN6O3S. The molecule has 1 unspecified atom stereocenters. The average molecular weight is 471 g/mol. The summed E-state index contributed by atoms with van der Waals surface area (Å²) in [5, 5.41) is 27.4. The first-order valence-electron chi connectivity index (χ1n) is 7.96. The van der Waals surface area contributed by atoms with Crippen molar-refractivity contribution in [2.75, 3.05) is 5.75 Å². The SMILES string of the molecule is CC(O)(CS(N)(=O)=O)c1cccc(-c2nnn(Cc3cc(Br)ccc3F)n2)n1. The molecule has 3 aromatic rings. The fourth-order valence-electron chi connectivity index (χ4n) is 2.55. The van der Waals surface area contributed by atoms with Crippen molar-refractivity contribution in [1.82, 2.24) is 25.2 Å². The number of primary sulfonamides is 1. The van der Waals surface area contributed by atoms with Gasteiger partial charge in [-0.3, -0.25) is 0 Å². The average Bonchev–Trinajstić information content (AvgIpc) is 3.05. The van der Waals surface area contributed by atoms with Gasteiger partial charge in [-0.15, -0.1) is 10.2 Å². The van der Waals surface area contributed by atoms with Crippen LogP contribution in [-0.2, 0) is 22.2 Å². The molecule has 9 nitrogen and oxygen atoms in total. The van der Waals surface area contributed by atoms with Crippen molar-refractivity contribution < 1.29 is 17.9 Å². The minimum atomic E-state index is -3.92. The zero-order valence-electron chi connectivity index (χ0n) is 14.6. The Morgan fingerprint density at radius 3 is 2.79 bits per heavy atom. The summed E-state index contributed by atoms with van der Waals surface area (Å²) in [6.45, 7) is 1.35. The summed E-state index contributed by atoms with van der Waals surface area (Å²) < 4.78 is 37.3. The smallest absolute Gasteiger partial charge is 0.223 e. The van der Waals surface area contributed by atoms with Gasteiger partial charge in [0.2, 0.25) is 15.8 Å². The van der Waals surface area contributed by atoms with Crippen LogP contribution in [0.1, 0.15) is 18.2 Å². The van der Waals surface area contributed by atoms with Crippen molar-refractivity contribution >= 4 is 26.0 Å². The third-order valence-electron chi connectivity index (χ3n) is 3.78. The van der Waals surface area contributed by atoms with Crippen molar-refractivity contribution in [3.8, 4) is 11.5 Å². The number of pyridine rings is 1. The normalized spacial score (nSPS) is 14.0. The third kappa shape index (κ3) is 4.95. The number of nitrogens with zero attached hydrogens (tertiary/aromatic N) is 5. The summed E-state index contributed by atoms with van der Waals surface area (Å²) in [6, 6.07) is 9.15. The van der Waals surface area contributed by atoms with E-state index in [0.717, 1.165) is 4.47 Å². The van der Waals surface area contributed by atoms with Gasteiger partial charge in [-0.1, -0.05) is 22.0 Å². The van der Waals surface area contributed by atoms with Gasteiger partial charge in [-0.2, -0.15) is 4.80 Å². The third-order valence-corrected chi connectivity index (χ3v) is 5.24. The number of tetrazole rings is 1. The Bertz CT molecular complexity index is 1120. The zero-order chi connectivity index (χ0) is 20.5. The van der Waals surface area contributed by atoms with Crippen molar-refractivity contribution in [2.24, 2.45) is 5.14 Å². The highest BCUT2D eigenvalue weighted by Crippen LogP contribution is 2.22. The molecule has 1 atom stereocenters. The van der Waals surface area contributed by atoms with E-state index in [1.54, 1.807) is 24.3 Å². The molecule has 28 heavy (non-hydrogen) atoms. The van der Waals surface area contributed by atoms with E-state index in [9.17, 15) is 17.9 Å². The molecule has 0 fully saturated rings. The molecule has 0 saturated carbocycles. The molecule has 0 amide bonds. The Labute approximate surface area is 168 Å². The van der Waals surface area contributed by atoms with Gasteiger partial charge in [0.25, 0.3) is 0 Å². The van der Waals surface area contributed by atoms with Crippen LogP contribution in [0.15, 0.2) is 40.9 Å². The maximum atomic E-state index is 13.9. The number of benzene rings is 1. The summed E-state index contributed by atoms with van der Waals surface area (Å²) in [4.78, 5) is 5.43. The second kappa shape index (κ2) is 7.62. The number of halogens is 2. The Morgan fingerprint density at radius 2 is 2.07 bits per heavy atom. The first kappa shape index (κ1) is 20.5. The van der Waals surface area contributed by atoms with Crippen LogP contribution < -0.4 is 5.14 Å². The fourth-order valence-corrected chi connectivity index (χ4v) is 3.89. The fraction of sp³-hybridized carbons (Fsp3) is 0.250. The number of rotatable bonds is 6. The van der Waals surface area contributed by atoms with E-state index in [1.165, 1.54) is 23.9 Å². The Kier molecular flexibility index (Phi) is 5.57. The van der Waals surface area contributed by atoms with E-state index in [4.69, 9.17) is 5.14 Å². The van der Waals surface area contributed by atoms with Crippen LogP contribution in [-0.4, -0.2) is 44.5 Å². The molecule has 148 valence electrons. The van der Waals surface area contributed by atoms with E-state index in [-0.39, 0.29) is 23.8 Å². The van der Waals surface area contributed by atoms with Gasteiger partial charge >= 0.3 is 0 Å². The molecule has 0 aliphatic rings. The predicted octanol–water partition coefficient (Wildman–Crippen LogP) is 1.18. The highest BCUT2D eigenvalue weighted by molar-refractivity contribution is 9.10. The lowest BCUT2D eigenvalue weighted by Gasteiger charge is -2.21. The van der Waals surface area contributed by atoms with Gasteiger partial charge in [0.1, 0.15) is 17.1 Å². The van der Waals surface area contributed by atoms with E-state index < -0.39 is 27.2 Å². The van der Waals surface area contributed by atoms with E-state index >= 15 is 0 Å². The Hall–Kier alpha value is -2.28. The Morgan fingerprint density at radius 1 is 1.32 bits per heavy atom. The second-order valence-corrected chi connectivity index (χ2v) is 8.90. The second-order valence-electron chi connectivity index (χ2n) is 6.37. The van der Waals surface area contributed by atoms with Gasteiger partial charge in [0.05, 0.1) is 18.0 Å². The van der Waals surface area contributed by atoms with E-state index in [0.29, 0.717) is 5.56 Å². The van der Waals surface area contributed by atoms with Gasteiger partial charge < -0.3 is 5.11 Å². The quantitative estimate of drug-likeness (QED) is 0.551. The molecule has 3 rings (SSSR count). The van der Waals surface area contributed by atoms with Crippen LogP contribution in [0.4, 0.5) is 4.39 Å². The van der Waals surface area contributed by atoms with Crippen LogP contribution >= 0.6 is 15.9 Å². The molecule has 3 N–H and O–H groups in total. The van der Waals surface area contributed by atoms with Gasteiger partial charge in [-0.05, 0) is 42.5 Å². The number of aliphatic hydroxyl groups is 1. The molecule has 0 radical (unpaired) electrons. The van der Waals surface area contributed by atoms with Crippen LogP contribution in [0, 0.1) is 5.82 Å². The zero-order valence-corrected chi connectivity index (χ0v) is 17.0. The lowest BCUT2D eigenvalue weighted by Crippen LogP contribution is -2.35. The van der Waals surface area contributed by atoms with Crippen LogP contribution in [0.5, 0.6) is 0 Å². The summed E-state index contributed by atoms with van der Waals surface area (Å²) in [5.41, 5.74) is -1.06. The van der Waals surface area contributed by atoms with Crippen LogP contribution in [0.2, 0.25) is 0 Å². The number of sulfonamides is 1. The molecule has 2 heterocycles. The van der Waals surface area contributed by atoms with Gasteiger partial charge in [0, 0.05) is 10.0 Å². The molecule has 0 bridgehead atoms. The monoisotopic (exact) mass is 470 g/mol. The van der Waals surface area contributed by atoms with Crippen molar-refractivity contribution in [3.05, 3.63) is 57.9 Å². The molecule has 2 aromatic heterocycles. The largest absolute Gasteiger partial charge is 0.383 e. The predicted molar refractivity (Wildman–Crippen MR) is 102 cm³/mol. The van der Waals surface area contributed by atoms with Crippen molar-refractivity contribution in [3.63, 3.8) is 0 Å². The summed E-state index contributed by atoms with van der Waals surface area (Å²) in [6.07, 6.45) is 0. The highest BCUT2D eigenvalue weighted by Gasteiger charge is 2.30. The lowest BCUT2D eigenvalue weighted by atomic mass is 10.0. The molecule has 0 spiro atoms. The maximum absolute atomic E-state index is 13.9. The molecule has 12 heteroatoms. The maximum Gasteiger partial charge on any atom is 0.223 e. The lowest BCUT2D eigenvalue weighted by molar-refractivity contribution is 0.0773. The van der Waals surface area contributed by atoms with Gasteiger partial charge in [0.15, 0.2) is 0 Å². The molecule has 0 saturated heterocycles. The van der Waals surface area contributed by atoms with E-state index in [2.05, 4.69) is 36.3 Å².